The number of nitrogens with one attached hydrogen (secondary N) is 2. The Labute approximate surface area is 119 Å². The number of hydrogen-bond donors (Lipinski definition) is 2. The highest BCUT2D eigenvalue weighted by Crippen LogP contribution is 2.09. The lowest BCUT2D eigenvalue weighted by Crippen LogP contribution is -2.28. The van der Waals surface area contributed by atoms with E-state index in [0.29, 0.717) is 30.0 Å². The van der Waals surface area contributed by atoms with Gasteiger partial charge in [0.15, 0.2) is 5.65 Å². The lowest BCUT2D eigenvalue weighted by atomic mass is 10.3. The Morgan fingerprint density at radius 1 is 1.19 bits per heavy atom. The van der Waals surface area contributed by atoms with Crippen LogP contribution < -0.4 is 16.0 Å². The number of H-pyrrole nitrogens is 2. The molecule has 0 spiro atoms. The Kier molecular flexibility index (Phi) is 3.31. The molecule has 0 bridgehead atoms. The van der Waals surface area contributed by atoms with Crippen molar-refractivity contribution in [3.8, 4) is 5.75 Å². The fraction of sp³-hybridized carbons (Fsp3) is 0.214. The molecule has 2 aromatic heterocycles. The van der Waals surface area contributed by atoms with E-state index in [1.807, 2.05) is 30.3 Å². The third-order valence-corrected chi connectivity index (χ3v) is 3.15. The van der Waals surface area contributed by atoms with E-state index in [2.05, 4.69) is 15.0 Å². The van der Waals surface area contributed by atoms with E-state index < -0.39 is 11.2 Å². The number of fused-ring (bicyclic) bond motifs is 1. The van der Waals surface area contributed by atoms with Gasteiger partial charge in [0.05, 0.1) is 6.61 Å². The van der Waals surface area contributed by atoms with Gasteiger partial charge in [0, 0.05) is 13.5 Å². The fourth-order valence-electron chi connectivity index (χ4n) is 2.05. The minimum Gasteiger partial charge on any atom is -0.493 e. The molecule has 3 rings (SSSR count). The van der Waals surface area contributed by atoms with Gasteiger partial charge in [-0.25, -0.2) is 9.78 Å². The number of nitrogens with zero attached hydrogens (tertiary/aromatic N) is 2. The van der Waals surface area contributed by atoms with Gasteiger partial charge in [-0.2, -0.15) is 0 Å². The van der Waals surface area contributed by atoms with Crippen molar-refractivity contribution in [3.63, 3.8) is 0 Å². The largest absolute Gasteiger partial charge is 0.493 e. The number of imidazole rings is 1. The summed E-state index contributed by atoms with van der Waals surface area (Å²) in [5.74, 6) is 1.38. The van der Waals surface area contributed by atoms with E-state index >= 15 is 0 Å². The summed E-state index contributed by atoms with van der Waals surface area (Å²) < 4.78 is 6.88. The zero-order valence-corrected chi connectivity index (χ0v) is 11.4. The topological polar surface area (TPSA) is 92.8 Å². The molecule has 0 amide bonds. The van der Waals surface area contributed by atoms with Crippen molar-refractivity contribution in [2.24, 2.45) is 7.05 Å². The minimum atomic E-state index is -0.480. The summed E-state index contributed by atoms with van der Waals surface area (Å²) in [7, 11) is 1.56. The van der Waals surface area contributed by atoms with Crippen LogP contribution in [0.1, 0.15) is 5.82 Å². The van der Waals surface area contributed by atoms with E-state index in [4.69, 9.17) is 4.74 Å². The molecule has 2 heterocycles. The molecule has 0 fully saturated rings. The second-order valence-electron chi connectivity index (χ2n) is 4.61. The Hall–Kier alpha value is -2.83. The molecular weight excluding hydrogens is 272 g/mol. The first-order chi connectivity index (χ1) is 10.1. The van der Waals surface area contributed by atoms with Crippen LogP contribution in [0.25, 0.3) is 11.2 Å². The van der Waals surface area contributed by atoms with Crippen LogP contribution >= 0.6 is 0 Å². The maximum absolute atomic E-state index is 11.7. The fourth-order valence-corrected chi connectivity index (χ4v) is 2.05. The lowest BCUT2D eigenvalue weighted by Gasteiger charge is -2.03. The molecule has 0 radical (unpaired) electrons. The van der Waals surface area contributed by atoms with Gasteiger partial charge < -0.3 is 9.72 Å². The second-order valence-corrected chi connectivity index (χ2v) is 4.61. The van der Waals surface area contributed by atoms with Crippen LogP contribution in [0.3, 0.4) is 0 Å². The van der Waals surface area contributed by atoms with Crippen LogP contribution in [-0.4, -0.2) is 26.1 Å². The predicted octanol–water partition coefficient (Wildman–Crippen LogP) is 0.571. The first-order valence-electron chi connectivity index (χ1n) is 6.51. The average Bonchev–Trinajstić information content (AvgIpc) is 2.91. The van der Waals surface area contributed by atoms with Crippen molar-refractivity contribution < 1.29 is 4.74 Å². The Morgan fingerprint density at radius 3 is 2.71 bits per heavy atom. The van der Waals surface area contributed by atoms with Crippen LogP contribution in [0.2, 0.25) is 0 Å². The molecule has 0 atom stereocenters. The van der Waals surface area contributed by atoms with Gasteiger partial charge in [-0.1, -0.05) is 18.2 Å². The molecule has 108 valence electrons. The van der Waals surface area contributed by atoms with E-state index in [9.17, 15) is 9.59 Å². The number of aromatic amines is 2. The molecule has 0 aliphatic heterocycles. The SMILES string of the molecule is Cn1c(=O)[nH]c(=O)c2[nH]c(CCOc3ccccc3)nc21. The Bertz CT molecular complexity index is 877. The molecule has 7 nitrogen and oxygen atoms in total. The number of aromatic nitrogens is 4. The summed E-state index contributed by atoms with van der Waals surface area (Å²) in [5, 5.41) is 0. The average molecular weight is 286 g/mol. The van der Waals surface area contributed by atoms with Crippen molar-refractivity contribution in [1.29, 1.82) is 0 Å². The molecular formula is C14H14N4O3. The lowest BCUT2D eigenvalue weighted by molar-refractivity contribution is 0.319. The number of para-hydroxylation sites is 1. The van der Waals surface area contributed by atoms with E-state index in [1.54, 1.807) is 7.05 Å². The molecule has 0 saturated heterocycles. The van der Waals surface area contributed by atoms with Gasteiger partial charge in [-0.3, -0.25) is 14.3 Å². The molecule has 21 heavy (non-hydrogen) atoms. The standard InChI is InChI=1S/C14H14N4O3/c1-18-12-11(13(19)17-14(18)20)15-10(16-12)7-8-21-9-5-3-2-4-6-9/h2-6H,7-8H2,1H3,(H,15,16)(H,17,19,20). The van der Waals surface area contributed by atoms with Crippen molar-refractivity contribution in [1.82, 2.24) is 19.5 Å². The highest BCUT2D eigenvalue weighted by Gasteiger charge is 2.10. The van der Waals surface area contributed by atoms with Gasteiger partial charge in [-0.05, 0) is 12.1 Å². The Morgan fingerprint density at radius 2 is 1.95 bits per heavy atom. The molecule has 3 aromatic rings. The summed E-state index contributed by atoms with van der Waals surface area (Å²) in [5.41, 5.74) is -0.299. The van der Waals surface area contributed by atoms with Crippen molar-refractivity contribution >= 4 is 11.2 Å². The zero-order valence-electron chi connectivity index (χ0n) is 11.4. The smallest absolute Gasteiger partial charge is 0.329 e. The van der Waals surface area contributed by atoms with Crippen LogP contribution in [0.5, 0.6) is 5.75 Å². The summed E-state index contributed by atoms with van der Waals surface area (Å²) in [6.07, 6.45) is 0.511. The zero-order chi connectivity index (χ0) is 14.8. The van der Waals surface area contributed by atoms with Crippen molar-refractivity contribution in [3.05, 3.63) is 57.0 Å². The number of aryl methyl sites for hydroxylation is 1. The quantitative estimate of drug-likeness (QED) is 0.733. The normalized spacial score (nSPS) is 10.9. The maximum atomic E-state index is 11.7. The summed E-state index contributed by atoms with van der Waals surface area (Å²) in [6.45, 7) is 0.426. The van der Waals surface area contributed by atoms with E-state index in [1.165, 1.54) is 4.57 Å². The first-order valence-corrected chi connectivity index (χ1v) is 6.51. The van der Waals surface area contributed by atoms with Crippen molar-refractivity contribution in [2.75, 3.05) is 6.61 Å². The number of ether oxygens (including phenoxy) is 1. The number of benzene rings is 1. The van der Waals surface area contributed by atoms with Gasteiger partial charge >= 0.3 is 5.69 Å². The molecule has 1 aromatic carbocycles. The van der Waals surface area contributed by atoms with Crippen LogP contribution in [0.15, 0.2) is 39.9 Å². The number of rotatable bonds is 4. The third kappa shape index (κ3) is 2.58. The van der Waals surface area contributed by atoms with Gasteiger partial charge in [-0.15, -0.1) is 0 Å². The summed E-state index contributed by atoms with van der Waals surface area (Å²) >= 11 is 0. The molecule has 7 heteroatoms. The monoisotopic (exact) mass is 286 g/mol. The molecule has 0 saturated carbocycles. The molecule has 2 N–H and O–H groups in total. The summed E-state index contributed by atoms with van der Waals surface area (Å²) in [6, 6.07) is 9.44. The number of hydrogen-bond acceptors (Lipinski definition) is 4. The van der Waals surface area contributed by atoms with Crippen molar-refractivity contribution in [2.45, 2.75) is 6.42 Å². The van der Waals surface area contributed by atoms with Crippen LogP contribution in [0.4, 0.5) is 0 Å². The van der Waals surface area contributed by atoms with Crippen LogP contribution in [0, 0.1) is 0 Å². The highest BCUT2D eigenvalue weighted by molar-refractivity contribution is 5.69. The maximum Gasteiger partial charge on any atom is 0.329 e. The van der Waals surface area contributed by atoms with E-state index in [-0.39, 0.29) is 0 Å². The minimum absolute atomic E-state index is 0.298. The van der Waals surface area contributed by atoms with Gasteiger partial charge in [0.1, 0.15) is 17.1 Å². The molecule has 0 aliphatic carbocycles. The van der Waals surface area contributed by atoms with Gasteiger partial charge in [0.2, 0.25) is 0 Å². The first kappa shape index (κ1) is 13.2. The second kappa shape index (κ2) is 5.28. The van der Waals surface area contributed by atoms with E-state index in [0.717, 1.165) is 5.75 Å². The van der Waals surface area contributed by atoms with Crippen LogP contribution in [-0.2, 0) is 13.5 Å². The molecule has 0 unspecified atom stereocenters. The summed E-state index contributed by atoms with van der Waals surface area (Å²) in [4.78, 5) is 32.6. The van der Waals surface area contributed by atoms with Gasteiger partial charge in [0.25, 0.3) is 5.56 Å². The predicted molar refractivity (Wildman–Crippen MR) is 77.6 cm³/mol. The highest BCUT2D eigenvalue weighted by atomic mass is 16.5. The Balaban J connectivity index is 1.79. The third-order valence-electron chi connectivity index (χ3n) is 3.15. The molecule has 0 aliphatic rings.